The van der Waals surface area contributed by atoms with Crippen LogP contribution in [0.25, 0.3) is 0 Å². The van der Waals surface area contributed by atoms with Crippen molar-refractivity contribution >= 4 is 18.4 Å². The van der Waals surface area contributed by atoms with Crippen LogP contribution < -0.4 is 14.8 Å². The summed E-state index contributed by atoms with van der Waals surface area (Å²) in [5.74, 6) is 17.5. The summed E-state index contributed by atoms with van der Waals surface area (Å²) in [7, 11) is 1.00. The Kier molecular flexibility index (Phi) is 31.8. The van der Waals surface area contributed by atoms with Gasteiger partial charge in [-0.25, -0.2) is 14.4 Å². The van der Waals surface area contributed by atoms with Crippen molar-refractivity contribution in [2.24, 2.45) is 82.9 Å². The molecule has 8 heterocycles. The van der Waals surface area contributed by atoms with Crippen LogP contribution in [0.1, 0.15) is 190 Å². The van der Waals surface area contributed by atoms with Crippen LogP contribution in [0.2, 0.25) is 0 Å². The molecule has 8 bridgehead atoms. The Hall–Kier alpha value is -8.91. The van der Waals surface area contributed by atoms with Gasteiger partial charge in [-0.3, -0.25) is 9.80 Å². The number of nitrogens with one attached hydrogen (secondary N) is 1. The van der Waals surface area contributed by atoms with Crippen molar-refractivity contribution in [2.45, 2.75) is 211 Å². The molecule has 24 rings (SSSR count). The number of fused-ring (bicyclic) bond motifs is 8. The summed E-state index contributed by atoms with van der Waals surface area (Å²) in [6.07, 6.45) is 13.1. The molecule has 17 nitrogen and oxygen atoms in total. The molecule has 22 atom stereocenters. The molecule has 8 saturated heterocycles. The largest absolute Gasteiger partial charge is 0.519 e. The van der Waals surface area contributed by atoms with Crippen LogP contribution in [-0.4, -0.2) is 175 Å². The number of aliphatic hydroxyl groups is 2. The zero-order valence-corrected chi connectivity index (χ0v) is 77.7. The number of epoxide rings is 1. The molecule has 8 saturated carbocycles. The van der Waals surface area contributed by atoms with Crippen LogP contribution >= 0.6 is 0 Å². The number of nitrogens with zero attached hydrogens (tertiary/aromatic N) is 4. The summed E-state index contributed by atoms with van der Waals surface area (Å²) in [6, 6.07) is 85.9. The minimum absolute atomic E-state index is 0.118. The summed E-state index contributed by atoms with van der Waals surface area (Å²) in [6.45, 7) is 30.4. The number of aliphatic hydroxyl groups excluding tert-OH is 2. The lowest BCUT2D eigenvalue weighted by Crippen LogP contribution is -2.66. The van der Waals surface area contributed by atoms with E-state index in [1.165, 1.54) is 107 Å². The highest BCUT2D eigenvalue weighted by molar-refractivity contribution is 5.77. The number of para-hydroxylation sites is 2. The highest BCUT2D eigenvalue weighted by atomic mass is 16.8. The van der Waals surface area contributed by atoms with Crippen LogP contribution in [0.5, 0.6) is 11.5 Å². The Morgan fingerprint density at radius 2 is 0.734 bits per heavy atom. The number of carbonyl (C=O) groups is 3. The Balaban J connectivity index is 0.000000121. The van der Waals surface area contributed by atoms with Gasteiger partial charge in [0.2, 0.25) is 0 Å². The van der Waals surface area contributed by atoms with E-state index in [0.717, 1.165) is 166 Å². The summed E-state index contributed by atoms with van der Waals surface area (Å²) < 4.78 is 35.8. The topological polar surface area (TPSA) is 185 Å². The molecule has 0 radical (unpaired) electrons. The van der Waals surface area contributed by atoms with Gasteiger partial charge in [-0.15, -0.1) is 0 Å². The molecule has 686 valence electrons. The van der Waals surface area contributed by atoms with Crippen molar-refractivity contribution in [3.63, 3.8) is 0 Å². The molecule has 0 spiro atoms. The van der Waals surface area contributed by atoms with Crippen LogP contribution in [0.15, 0.2) is 243 Å². The summed E-state index contributed by atoms with van der Waals surface area (Å²) >= 11 is 0. The standard InChI is InChI=1S/C27H34N2O2.C25H31NO2.C23H27N.C16H21N.C10H18O5.C9H10O2.CH4O/c1-27(2,3)31-26(30)29(24-15-23(24)20-12-8-5-9-13-20)25-21-14-22(25)18-28(17-21)16-19-10-6-4-7-11-19;27-22(17-28-23-9-5-2-6-10-23)16-26-14-20-11-21(15-26)25(20)13-19-12-24(19)18-7-3-1-4-8-18;1-3-7-17(8-4-1)14-24-15-20-11-21(16-24)23(20)13-19-12-22(19)18-9-5-2-6-10-18;1-2-4-11(5-3-1)15-7-12(15)8-16-13-6-14(16)10-17-9-13;1-9(2,3)14-7(11)13-8(12)15-10(4,5)6;1-2-4-8(5-3-1)10-6-9-7-11-9;1-2/h4-13,21-25H,14-18H2,1-3H3;1-10,19-22,24-25,27H,11-17H2;1-10,19-23H,11-16H2;1-5,12-17H,6-10H2;1-6H3;1-5,9H,6-7H2;2H,1H3/t21-,22+,23?,24-,25?;19-,20-,21+,22?,24?,25?;19-,20-,21+,22?,23?;12-,13-,14+,15?,16?;;;/m1000.../s1. The second kappa shape index (κ2) is 43.4. The highest BCUT2D eigenvalue weighted by Gasteiger charge is 2.58. The van der Waals surface area contributed by atoms with Gasteiger partial charge in [0.1, 0.15) is 53.7 Å². The first-order valence-electron chi connectivity index (χ1n) is 48.3. The minimum atomic E-state index is -1.06. The molecule has 17 heteroatoms. The third-order valence-corrected chi connectivity index (χ3v) is 28.9. The maximum atomic E-state index is 13.3. The molecule has 3 N–H and O–H groups in total. The van der Waals surface area contributed by atoms with E-state index in [4.69, 9.17) is 33.5 Å². The smallest absolute Gasteiger partial charge is 0.491 e. The number of hydrogen-bond donors (Lipinski definition) is 3. The van der Waals surface area contributed by atoms with Gasteiger partial charge in [-0.1, -0.05) is 218 Å². The van der Waals surface area contributed by atoms with E-state index in [1.807, 2.05) is 81.4 Å². The van der Waals surface area contributed by atoms with Crippen molar-refractivity contribution in [1.29, 1.82) is 0 Å². The van der Waals surface area contributed by atoms with E-state index in [-0.39, 0.29) is 12.1 Å². The van der Waals surface area contributed by atoms with E-state index in [9.17, 15) is 19.5 Å². The van der Waals surface area contributed by atoms with Gasteiger partial charge in [0.15, 0.2) is 0 Å². The first-order chi connectivity index (χ1) is 61.9. The van der Waals surface area contributed by atoms with Crippen LogP contribution in [-0.2, 0) is 36.8 Å². The van der Waals surface area contributed by atoms with E-state index in [2.05, 4.69) is 212 Å². The predicted molar refractivity (Wildman–Crippen MR) is 506 cm³/mol. The molecular weight excluding hydrogens is 1600 g/mol. The van der Waals surface area contributed by atoms with E-state index in [1.54, 1.807) is 58.2 Å². The number of benzene rings is 8. The van der Waals surface area contributed by atoms with Gasteiger partial charge in [-0.05, 0) is 304 Å². The number of amides is 1. The van der Waals surface area contributed by atoms with Gasteiger partial charge in [0, 0.05) is 84.0 Å². The first-order valence-corrected chi connectivity index (χ1v) is 48.3. The zero-order chi connectivity index (χ0) is 89.5. The van der Waals surface area contributed by atoms with Crippen LogP contribution in [0.3, 0.4) is 0 Å². The number of hydrogen-bond acceptors (Lipinski definition) is 16. The lowest BCUT2D eigenvalue weighted by molar-refractivity contribution is -0.0851. The van der Waals surface area contributed by atoms with Crippen molar-refractivity contribution < 1.29 is 57.8 Å². The second-order valence-corrected chi connectivity index (χ2v) is 42.1. The SMILES string of the molecule is CC(C)(C)OC(=O)N(C1[C@@H]2C[C@H]1CN(Cc1ccccc1)C2)[C@@H]1CC1c1ccccc1.CC(C)(C)OC(=O)OC(=O)OC(C)(C)C.CO.OC(COc1ccccc1)CN1C[C@H]2C[C@@H](C1)C2C[C@@H]1CC1c1ccccc1.c1ccc(C2C[C@H]2CC2[C@@H]3CNC[C@H]2C3)cc1.c1ccc(CN2C[C@H]3C[C@@H](C2)C3C[C@@H]2CC2c2ccccc2)cc1.c1ccc(OCC2CO2)cc1. The normalized spacial score (nSPS) is 29.7. The van der Waals surface area contributed by atoms with Gasteiger partial charge in [0.05, 0.1) is 6.61 Å². The molecule has 8 aromatic carbocycles. The number of ether oxygens (including phenoxy) is 7. The quantitative estimate of drug-likeness (QED) is 0.0224. The minimum Gasteiger partial charge on any atom is -0.491 e. The summed E-state index contributed by atoms with van der Waals surface area (Å²) in [5.41, 5.74) is 7.04. The van der Waals surface area contributed by atoms with Crippen molar-refractivity contribution in [3.8, 4) is 11.5 Å². The van der Waals surface area contributed by atoms with E-state index < -0.39 is 35.2 Å². The molecule has 1 amide bonds. The molecule has 128 heavy (non-hydrogen) atoms. The number of rotatable bonds is 24. The third kappa shape index (κ3) is 27.1. The molecule has 10 unspecified atom stereocenters. The van der Waals surface area contributed by atoms with Crippen molar-refractivity contribution in [1.82, 2.24) is 24.9 Å². The van der Waals surface area contributed by atoms with E-state index in [0.29, 0.717) is 43.1 Å². The maximum Gasteiger partial charge on any atom is 0.519 e. The molecule has 16 aliphatic rings. The van der Waals surface area contributed by atoms with Gasteiger partial charge >= 0.3 is 18.4 Å². The predicted octanol–water partition coefficient (Wildman–Crippen LogP) is 21.4. The average Bonchev–Trinajstić information content (AvgIpc) is 1.21. The van der Waals surface area contributed by atoms with Gasteiger partial charge in [0.25, 0.3) is 0 Å². The molecular formula is C111H145N5O12. The van der Waals surface area contributed by atoms with Gasteiger partial charge < -0.3 is 58.5 Å². The Morgan fingerprint density at radius 1 is 0.406 bits per heavy atom. The Bertz CT molecular complexity index is 4620. The summed E-state index contributed by atoms with van der Waals surface area (Å²) in [5, 5.41) is 20.9. The number of carbonyl (C=O) groups excluding carboxylic acids is 3. The van der Waals surface area contributed by atoms with Gasteiger partial charge in [-0.2, -0.15) is 0 Å². The van der Waals surface area contributed by atoms with Crippen LogP contribution in [0, 0.1) is 82.9 Å². The Labute approximate surface area is 763 Å². The second-order valence-electron chi connectivity index (χ2n) is 42.1. The van der Waals surface area contributed by atoms with Crippen LogP contribution in [0.4, 0.5) is 14.4 Å². The monoisotopic (exact) mass is 1740 g/mol. The Morgan fingerprint density at radius 3 is 1.11 bits per heavy atom. The third-order valence-electron chi connectivity index (χ3n) is 28.9. The summed E-state index contributed by atoms with van der Waals surface area (Å²) in [4.78, 5) is 45.3. The fourth-order valence-corrected chi connectivity index (χ4v) is 22.5. The molecule has 0 aromatic heterocycles. The highest BCUT2D eigenvalue weighted by Crippen LogP contribution is 2.60. The van der Waals surface area contributed by atoms with Crippen molar-refractivity contribution in [3.05, 3.63) is 276 Å². The average molecular weight is 1740 g/mol. The lowest BCUT2D eigenvalue weighted by Gasteiger charge is -2.57. The molecule has 8 aliphatic carbocycles. The molecule has 16 fully saturated rings. The molecule has 8 aliphatic heterocycles. The maximum absolute atomic E-state index is 13.3. The first kappa shape index (κ1) is 93.8. The van der Waals surface area contributed by atoms with Crippen molar-refractivity contribution in [2.75, 3.05) is 85.8 Å². The lowest BCUT2D eigenvalue weighted by atomic mass is 9.59. The fourth-order valence-electron chi connectivity index (χ4n) is 22.5. The fraction of sp³-hybridized carbons (Fsp3) is 0.541. The number of piperidine rings is 8. The zero-order valence-electron chi connectivity index (χ0n) is 77.7. The van der Waals surface area contributed by atoms with E-state index >= 15 is 0 Å². The molecule has 8 aromatic rings.